The van der Waals surface area contributed by atoms with E-state index >= 15 is 0 Å². The molecule has 0 unspecified atom stereocenters. The largest absolute Gasteiger partial charge is 0.417 e. The zero-order valence-electron chi connectivity index (χ0n) is 9.59. The van der Waals surface area contributed by atoms with Crippen LogP contribution in [0.25, 0.3) is 0 Å². The number of terminal acetylenes is 1. The fourth-order valence-electron chi connectivity index (χ4n) is 1.43. The lowest BCUT2D eigenvalue weighted by Gasteiger charge is -2.06. The van der Waals surface area contributed by atoms with Gasteiger partial charge in [0.05, 0.1) is 0 Å². The first-order chi connectivity index (χ1) is 8.78. The topological polar surface area (TPSA) is 38.3 Å². The van der Waals surface area contributed by atoms with E-state index in [1.807, 2.05) is 6.07 Å². The van der Waals surface area contributed by atoms with Gasteiger partial charge in [-0.15, -0.1) is 6.42 Å². The SMILES string of the molecule is C#Cc1cccc(NC(=O)Oc2ccccc2)c1. The number of amides is 1. The summed E-state index contributed by atoms with van der Waals surface area (Å²) in [5, 5.41) is 2.61. The zero-order chi connectivity index (χ0) is 12.8. The Morgan fingerprint density at radius 1 is 1.11 bits per heavy atom. The molecule has 0 spiro atoms. The summed E-state index contributed by atoms with van der Waals surface area (Å²) in [7, 11) is 0. The van der Waals surface area contributed by atoms with Crippen LogP contribution in [0.2, 0.25) is 0 Å². The molecule has 0 aliphatic heterocycles. The molecule has 2 aromatic carbocycles. The number of benzene rings is 2. The third kappa shape index (κ3) is 3.13. The lowest BCUT2D eigenvalue weighted by molar-refractivity contribution is 0.215. The number of carbonyl (C=O) groups is 1. The molecule has 18 heavy (non-hydrogen) atoms. The van der Waals surface area contributed by atoms with Crippen molar-refractivity contribution in [1.82, 2.24) is 0 Å². The molecular formula is C15H11NO2. The summed E-state index contributed by atoms with van der Waals surface area (Å²) < 4.78 is 5.09. The second-order valence-electron chi connectivity index (χ2n) is 3.55. The van der Waals surface area contributed by atoms with Crippen LogP contribution in [-0.2, 0) is 0 Å². The highest BCUT2D eigenvalue weighted by Crippen LogP contribution is 2.12. The minimum absolute atomic E-state index is 0.489. The van der Waals surface area contributed by atoms with E-state index in [0.29, 0.717) is 17.0 Å². The van der Waals surface area contributed by atoms with Crippen molar-refractivity contribution in [2.45, 2.75) is 0 Å². The van der Waals surface area contributed by atoms with Gasteiger partial charge in [-0.1, -0.05) is 30.2 Å². The van der Waals surface area contributed by atoms with Crippen molar-refractivity contribution < 1.29 is 9.53 Å². The number of nitrogens with one attached hydrogen (secondary N) is 1. The van der Waals surface area contributed by atoms with Gasteiger partial charge < -0.3 is 4.74 Å². The molecule has 0 aliphatic carbocycles. The lowest BCUT2D eigenvalue weighted by Crippen LogP contribution is -2.16. The number of rotatable bonds is 2. The first-order valence-corrected chi connectivity index (χ1v) is 5.38. The van der Waals surface area contributed by atoms with Crippen molar-refractivity contribution in [2.24, 2.45) is 0 Å². The monoisotopic (exact) mass is 237 g/mol. The van der Waals surface area contributed by atoms with Gasteiger partial charge in [-0.2, -0.15) is 0 Å². The number of ether oxygens (including phenoxy) is 1. The highest BCUT2D eigenvalue weighted by molar-refractivity contribution is 5.86. The van der Waals surface area contributed by atoms with Crippen LogP contribution in [-0.4, -0.2) is 6.09 Å². The van der Waals surface area contributed by atoms with Gasteiger partial charge in [-0.25, -0.2) is 4.79 Å². The Balaban J connectivity index is 2.01. The van der Waals surface area contributed by atoms with Crippen LogP contribution in [0.15, 0.2) is 54.6 Å². The van der Waals surface area contributed by atoms with Gasteiger partial charge >= 0.3 is 6.09 Å². The van der Waals surface area contributed by atoms with Gasteiger partial charge in [0.15, 0.2) is 0 Å². The van der Waals surface area contributed by atoms with Crippen LogP contribution in [0, 0.1) is 12.3 Å². The fourth-order valence-corrected chi connectivity index (χ4v) is 1.43. The number of para-hydroxylation sites is 1. The summed E-state index contributed by atoms with van der Waals surface area (Å²) >= 11 is 0. The molecule has 0 atom stereocenters. The third-order valence-electron chi connectivity index (χ3n) is 2.23. The zero-order valence-corrected chi connectivity index (χ0v) is 9.59. The van der Waals surface area contributed by atoms with E-state index in [-0.39, 0.29) is 0 Å². The number of anilines is 1. The van der Waals surface area contributed by atoms with Crippen molar-refractivity contribution in [1.29, 1.82) is 0 Å². The molecule has 1 amide bonds. The van der Waals surface area contributed by atoms with Crippen molar-refractivity contribution in [2.75, 3.05) is 5.32 Å². The highest BCUT2D eigenvalue weighted by Gasteiger charge is 2.04. The normalized spacial score (nSPS) is 9.28. The molecule has 0 bridgehead atoms. The summed E-state index contributed by atoms with van der Waals surface area (Å²) in [5.41, 5.74) is 1.30. The molecule has 0 fully saturated rings. The van der Waals surface area contributed by atoms with Crippen LogP contribution < -0.4 is 10.1 Å². The second-order valence-corrected chi connectivity index (χ2v) is 3.55. The number of carbonyl (C=O) groups excluding carboxylic acids is 1. The van der Waals surface area contributed by atoms with Gasteiger partial charge in [0, 0.05) is 11.3 Å². The first kappa shape index (κ1) is 11.7. The summed E-state index contributed by atoms with van der Waals surface area (Å²) in [6, 6.07) is 15.8. The van der Waals surface area contributed by atoms with Crippen LogP contribution in [0.4, 0.5) is 10.5 Å². The van der Waals surface area contributed by atoms with E-state index in [2.05, 4.69) is 11.2 Å². The van der Waals surface area contributed by atoms with Crippen LogP contribution >= 0.6 is 0 Å². The fraction of sp³-hybridized carbons (Fsp3) is 0. The van der Waals surface area contributed by atoms with E-state index in [9.17, 15) is 4.79 Å². The minimum atomic E-state index is -0.546. The standard InChI is InChI=1S/C15H11NO2/c1-2-12-7-6-8-13(11-12)16-15(17)18-14-9-4-3-5-10-14/h1,3-11H,(H,16,17). The van der Waals surface area contributed by atoms with Gasteiger partial charge in [0.25, 0.3) is 0 Å². The Bertz CT molecular complexity index is 585. The molecule has 0 heterocycles. The Kier molecular flexibility index (Phi) is 3.62. The molecule has 0 saturated heterocycles. The van der Waals surface area contributed by atoms with Crippen LogP contribution in [0.5, 0.6) is 5.75 Å². The maximum absolute atomic E-state index is 11.6. The van der Waals surface area contributed by atoms with Crippen molar-refractivity contribution in [3.8, 4) is 18.1 Å². The quantitative estimate of drug-likeness (QED) is 0.814. The van der Waals surface area contributed by atoms with E-state index in [1.54, 1.807) is 48.5 Å². The van der Waals surface area contributed by atoms with Gasteiger partial charge in [0.2, 0.25) is 0 Å². The Hall–Kier alpha value is -2.73. The third-order valence-corrected chi connectivity index (χ3v) is 2.23. The lowest BCUT2D eigenvalue weighted by atomic mass is 10.2. The van der Waals surface area contributed by atoms with E-state index in [4.69, 9.17) is 11.2 Å². The van der Waals surface area contributed by atoms with E-state index in [0.717, 1.165) is 0 Å². The van der Waals surface area contributed by atoms with Gasteiger partial charge in [-0.3, -0.25) is 5.32 Å². The van der Waals surface area contributed by atoms with Gasteiger partial charge in [-0.05, 0) is 30.3 Å². The highest BCUT2D eigenvalue weighted by atomic mass is 16.6. The first-order valence-electron chi connectivity index (χ1n) is 5.38. The van der Waals surface area contributed by atoms with E-state index in [1.165, 1.54) is 0 Å². The molecule has 2 aromatic rings. The predicted molar refractivity (Wildman–Crippen MR) is 70.5 cm³/mol. The van der Waals surface area contributed by atoms with Crippen LogP contribution in [0.1, 0.15) is 5.56 Å². The molecule has 1 N–H and O–H groups in total. The Morgan fingerprint density at radius 2 is 1.89 bits per heavy atom. The number of hydrogen-bond acceptors (Lipinski definition) is 2. The van der Waals surface area contributed by atoms with Crippen molar-refractivity contribution >= 4 is 11.8 Å². The molecule has 0 saturated carbocycles. The number of hydrogen-bond donors (Lipinski definition) is 1. The average molecular weight is 237 g/mol. The maximum atomic E-state index is 11.6. The second kappa shape index (κ2) is 5.55. The molecule has 3 nitrogen and oxygen atoms in total. The summed E-state index contributed by atoms with van der Waals surface area (Å²) in [5.74, 6) is 2.99. The summed E-state index contributed by atoms with van der Waals surface area (Å²) in [6.07, 6.45) is 4.73. The molecule has 0 radical (unpaired) electrons. The molecule has 3 heteroatoms. The van der Waals surface area contributed by atoms with Crippen LogP contribution in [0.3, 0.4) is 0 Å². The van der Waals surface area contributed by atoms with Gasteiger partial charge in [0.1, 0.15) is 5.75 Å². The minimum Gasteiger partial charge on any atom is -0.410 e. The molecular weight excluding hydrogens is 226 g/mol. The Labute approximate surface area is 105 Å². The average Bonchev–Trinajstić information content (AvgIpc) is 2.40. The van der Waals surface area contributed by atoms with Crippen molar-refractivity contribution in [3.63, 3.8) is 0 Å². The smallest absolute Gasteiger partial charge is 0.410 e. The molecule has 0 aliphatic rings. The molecule has 0 aromatic heterocycles. The van der Waals surface area contributed by atoms with Crippen molar-refractivity contribution in [3.05, 3.63) is 60.2 Å². The van der Waals surface area contributed by atoms with E-state index < -0.39 is 6.09 Å². The maximum Gasteiger partial charge on any atom is 0.417 e. The summed E-state index contributed by atoms with van der Waals surface area (Å²) in [6.45, 7) is 0. The summed E-state index contributed by atoms with van der Waals surface area (Å²) in [4.78, 5) is 11.6. The Morgan fingerprint density at radius 3 is 2.61 bits per heavy atom. The molecule has 88 valence electrons. The predicted octanol–water partition coefficient (Wildman–Crippen LogP) is 3.28. The molecule has 2 rings (SSSR count).